The summed E-state index contributed by atoms with van der Waals surface area (Å²) in [6, 6.07) is 1.92. The van der Waals surface area contributed by atoms with Crippen LogP contribution in [0.4, 0.5) is 5.82 Å². The molecule has 0 aliphatic carbocycles. The van der Waals surface area contributed by atoms with E-state index < -0.39 is 5.97 Å². The Balaban J connectivity index is 1.56. The van der Waals surface area contributed by atoms with Crippen molar-refractivity contribution in [2.45, 2.75) is 12.2 Å². The van der Waals surface area contributed by atoms with E-state index >= 15 is 0 Å². The summed E-state index contributed by atoms with van der Waals surface area (Å²) in [7, 11) is 1.35. The molecule has 0 amide bonds. The fourth-order valence-electron chi connectivity index (χ4n) is 2.99. The van der Waals surface area contributed by atoms with Gasteiger partial charge in [-0.3, -0.25) is 4.99 Å². The average molecular weight is 377 g/mol. The third kappa shape index (κ3) is 3.18. The number of aromatic nitrogens is 2. The highest BCUT2D eigenvalue weighted by molar-refractivity contribution is 8.14. The predicted octanol–water partition coefficient (Wildman–Crippen LogP) is 2.09. The molecule has 1 fully saturated rings. The molecule has 1 unspecified atom stereocenters. The number of anilines is 1. The van der Waals surface area contributed by atoms with Crippen LogP contribution in [0.2, 0.25) is 0 Å². The van der Waals surface area contributed by atoms with Crippen LogP contribution in [0.15, 0.2) is 16.4 Å². The second-order valence-electron chi connectivity index (χ2n) is 6.02. The molecule has 2 aromatic rings. The number of thioether (sulfide) groups is 1. The number of methoxy groups -OCH3 is 1. The van der Waals surface area contributed by atoms with Crippen molar-refractivity contribution in [1.82, 2.24) is 14.9 Å². The van der Waals surface area contributed by atoms with E-state index in [0.717, 1.165) is 53.9 Å². The number of amidine groups is 1. The van der Waals surface area contributed by atoms with Crippen molar-refractivity contribution >= 4 is 50.3 Å². The highest BCUT2D eigenvalue weighted by Crippen LogP contribution is 2.30. The molecule has 7 nitrogen and oxygen atoms in total. The van der Waals surface area contributed by atoms with Gasteiger partial charge < -0.3 is 14.5 Å². The minimum atomic E-state index is -0.501. The molecule has 2 aromatic heterocycles. The van der Waals surface area contributed by atoms with Crippen LogP contribution >= 0.6 is 23.1 Å². The van der Waals surface area contributed by atoms with Crippen LogP contribution in [-0.4, -0.2) is 71.1 Å². The number of hydrogen-bond donors (Lipinski definition) is 0. The van der Waals surface area contributed by atoms with E-state index in [1.54, 1.807) is 11.3 Å². The van der Waals surface area contributed by atoms with Crippen LogP contribution in [0.3, 0.4) is 0 Å². The molecule has 9 heteroatoms. The first-order chi connectivity index (χ1) is 12.2. The molecule has 4 rings (SSSR count). The van der Waals surface area contributed by atoms with E-state index in [0.29, 0.717) is 5.25 Å². The van der Waals surface area contributed by atoms with Crippen LogP contribution in [0, 0.1) is 0 Å². The molecule has 25 heavy (non-hydrogen) atoms. The number of rotatable bonds is 2. The van der Waals surface area contributed by atoms with Crippen molar-refractivity contribution in [2.75, 3.05) is 44.7 Å². The lowest BCUT2D eigenvalue weighted by atomic mass is 10.3. The maximum atomic E-state index is 11.9. The maximum Gasteiger partial charge on any atom is 0.376 e. The van der Waals surface area contributed by atoms with E-state index in [1.807, 2.05) is 23.2 Å². The average Bonchev–Trinajstić information content (AvgIpc) is 3.29. The van der Waals surface area contributed by atoms with Gasteiger partial charge in [-0.05, 0) is 11.4 Å². The summed E-state index contributed by atoms with van der Waals surface area (Å²) in [6.45, 7) is 6.62. The van der Waals surface area contributed by atoms with Crippen LogP contribution < -0.4 is 4.90 Å². The molecular weight excluding hydrogens is 358 g/mol. The number of fused-ring (bicyclic) bond motifs is 1. The SMILES string of the molecule is COC(=O)c1nc(N2CCN(C3=NCC(C)S3)CC2)c2sccc2n1. The van der Waals surface area contributed by atoms with Gasteiger partial charge in [0, 0.05) is 31.4 Å². The Bertz CT molecular complexity index is 829. The van der Waals surface area contributed by atoms with Crippen LogP contribution in [0.5, 0.6) is 0 Å². The van der Waals surface area contributed by atoms with E-state index in [4.69, 9.17) is 4.74 Å². The van der Waals surface area contributed by atoms with Gasteiger partial charge in [-0.2, -0.15) is 0 Å². The summed E-state index contributed by atoms with van der Waals surface area (Å²) in [6.07, 6.45) is 0. The number of hydrogen-bond acceptors (Lipinski definition) is 9. The Hall–Kier alpha value is -1.87. The Morgan fingerprint density at radius 2 is 2.00 bits per heavy atom. The highest BCUT2D eigenvalue weighted by Gasteiger charge is 2.27. The zero-order valence-corrected chi connectivity index (χ0v) is 15.8. The molecule has 1 saturated heterocycles. The Kier molecular flexibility index (Phi) is 4.51. The van der Waals surface area contributed by atoms with Crippen molar-refractivity contribution in [1.29, 1.82) is 0 Å². The number of carbonyl (C=O) groups is 1. The summed E-state index contributed by atoms with van der Waals surface area (Å²) >= 11 is 3.46. The van der Waals surface area contributed by atoms with Crippen molar-refractivity contribution in [3.8, 4) is 0 Å². The molecule has 0 bridgehead atoms. The molecule has 0 N–H and O–H groups in total. The van der Waals surface area contributed by atoms with Gasteiger partial charge in [0.1, 0.15) is 0 Å². The molecular formula is C16H19N5O2S2. The maximum absolute atomic E-state index is 11.9. The monoisotopic (exact) mass is 377 g/mol. The molecule has 2 aliphatic rings. The second-order valence-corrected chi connectivity index (χ2v) is 8.34. The number of esters is 1. The second kappa shape index (κ2) is 6.80. The van der Waals surface area contributed by atoms with Crippen molar-refractivity contribution < 1.29 is 9.53 Å². The van der Waals surface area contributed by atoms with Crippen molar-refractivity contribution in [3.05, 3.63) is 17.3 Å². The first-order valence-corrected chi connectivity index (χ1v) is 9.96. The Labute approximate surface area is 154 Å². The summed E-state index contributed by atoms with van der Waals surface area (Å²) in [5, 5.41) is 3.71. The van der Waals surface area contributed by atoms with Crippen molar-refractivity contribution in [3.63, 3.8) is 0 Å². The van der Waals surface area contributed by atoms with Gasteiger partial charge in [0.15, 0.2) is 11.0 Å². The standard InChI is InChI=1S/C16H19N5O2S2/c1-10-9-17-16(25-10)21-6-4-20(5-7-21)14-12-11(3-8-24-12)18-13(19-14)15(22)23-2/h3,8,10H,4-7,9H2,1-2H3. The van der Waals surface area contributed by atoms with Gasteiger partial charge in [-0.1, -0.05) is 18.7 Å². The summed E-state index contributed by atoms with van der Waals surface area (Å²) in [5.74, 6) is 0.448. The lowest BCUT2D eigenvalue weighted by molar-refractivity contribution is 0.0587. The lowest BCUT2D eigenvalue weighted by Gasteiger charge is -2.36. The topological polar surface area (TPSA) is 70.9 Å². The van der Waals surface area contributed by atoms with Crippen LogP contribution in [0.1, 0.15) is 17.5 Å². The fraction of sp³-hybridized carbons (Fsp3) is 0.500. The zero-order valence-electron chi connectivity index (χ0n) is 14.1. The molecule has 0 saturated carbocycles. The highest BCUT2D eigenvalue weighted by atomic mass is 32.2. The summed E-state index contributed by atoms with van der Waals surface area (Å²) in [5.41, 5.74) is 0.794. The molecule has 1 atom stereocenters. The number of aliphatic imine (C=N–C) groups is 1. The fourth-order valence-corrected chi connectivity index (χ4v) is 4.83. The van der Waals surface area contributed by atoms with E-state index in [9.17, 15) is 4.79 Å². The molecule has 2 aliphatic heterocycles. The molecule has 4 heterocycles. The minimum absolute atomic E-state index is 0.121. The van der Waals surface area contributed by atoms with Gasteiger partial charge in [0.05, 0.1) is 23.9 Å². The Morgan fingerprint density at radius 3 is 2.68 bits per heavy atom. The van der Waals surface area contributed by atoms with E-state index in [1.165, 1.54) is 7.11 Å². The normalized spacial score (nSPS) is 20.9. The number of nitrogens with zero attached hydrogens (tertiary/aromatic N) is 5. The van der Waals surface area contributed by atoms with Gasteiger partial charge in [0.2, 0.25) is 5.82 Å². The first-order valence-electron chi connectivity index (χ1n) is 8.20. The minimum Gasteiger partial charge on any atom is -0.463 e. The van der Waals surface area contributed by atoms with Gasteiger partial charge in [-0.25, -0.2) is 14.8 Å². The van der Waals surface area contributed by atoms with Crippen LogP contribution in [0.25, 0.3) is 10.2 Å². The zero-order chi connectivity index (χ0) is 17.4. The first kappa shape index (κ1) is 16.6. The predicted molar refractivity (Wildman–Crippen MR) is 102 cm³/mol. The summed E-state index contributed by atoms with van der Waals surface area (Å²) in [4.78, 5) is 29.9. The molecule has 0 spiro atoms. The van der Waals surface area contributed by atoms with E-state index in [2.05, 4.69) is 31.7 Å². The van der Waals surface area contributed by atoms with Crippen LogP contribution in [-0.2, 0) is 4.74 Å². The lowest BCUT2D eigenvalue weighted by Crippen LogP contribution is -2.48. The third-order valence-corrected chi connectivity index (χ3v) is 6.34. The largest absolute Gasteiger partial charge is 0.463 e. The Morgan fingerprint density at radius 1 is 1.24 bits per heavy atom. The quantitative estimate of drug-likeness (QED) is 0.742. The molecule has 0 radical (unpaired) electrons. The molecule has 132 valence electrons. The number of thiophene rings is 1. The smallest absolute Gasteiger partial charge is 0.376 e. The van der Waals surface area contributed by atoms with Gasteiger partial charge in [-0.15, -0.1) is 11.3 Å². The number of piperazine rings is 1. The van der Waals surface area contributed by atoms with Gasteiger partial charge in [0.25, 0.3) is 0 Å². The van der Waals surface area contributed by atoms with Crippen molar-refractivity contribution in [2.24, 2.45) is 4.99 Å². The van der Waals surface area contributed by atoms with E-state index in [-0.39, 0.29) is 5.82 Å². The van der Waals surface area contributed by atoms with Gasteiger partial charge >= 0.3 is 5.97 Å². The third-order valence-electron chi connectivity index (χ3n) is 4.29. The number of ether oxygens (including phenoxy) is 1. The molecule has 0 aromatic carbocycles. The number of carbonyl (C=O) groups excluding carboxylic acids is 1. The summed E-state index contributed by atoms with van der Waals surface area (Å²) < 4.78 is 5.81.